The molecule has 0 unspecified atom stereocenters. The van der Waals surface area contributed by atoms with Crippen LogP contribution in [0.4, 0.5) is 0 Å². The minimum atomic E-state index is 0.367. The van der Waals surface area contributed by atoms with Crippen LogP contribution >= 0.6 is 23.1 Å². The predicted octanol–water partition coefficient (Wildman–Crippen LogP) is 4.94. The van der Waals surface area contributed by atoms with Crippen LogP contribution in [0, 0.1) is 6.92 Å². The van der Waals surface area contributed by atoms with Crippen LogP contribution < -0.4 is 0 Å². The Morgan fingerprint density at radius 2 is 2.13 bits per heavy atom. The Morgan fingerprint density at radius 1 is 1.26 bits per heavy atom. The number of benzene rings is 1. The van der Waals surface area contributed by atoms with Gasteiger partial charge in [-0.05, 0) is 25.3 Å². The van der Waals surface area contributed by atoms with Gasteiger partial charge in [0.2, 0.25) is 0 Å². The van der Waals surface area contributed by atoms with Gasteiger partial charge in [-0.1, -0.05) is 29.8 Å². The van der Waals surface area contributed by atoms with E-state index >= 15 is 0 Å². The molecule has 4 rings (SSSR count). The van der Waals surface area contributed by atoms with Crippen LogP contribution in [0.1, 0.15) is 18.4 Å². The van der Waals surface area contributed by atoms with E-state index in [1.54, 1.807) is 29.4 Å². The van der Waals surface area contributed by atoms with Crippen LogP contribution in [0.15, 0.2) is 41.0 Å². The highest BCUT2D eigenvalue weighted by molar-refractivity contribution is 7.99. The fraction of sp³-hybridized carbons (Fsp3) is 0.333. The van der Waals surface area contributed by atoms with Crippen LogP contribution in [0.2, 0.25) is 0 Å². The third-order valence-electron chi connectivity index (χ3n) is 4.13. The van der Waals surface area contributed by atoms with E-state index in [2.05, 4.69) is 46.5 Å². The van der Waals surface area contributed by atoms with E-state index < -0.39 is 0 Å². The zero-order valence-electron chi connectivity index (χ0n) is 13.0. The lowest BCUT2D eigenvalue weighted by atomic mass is 10.1. The Bertz CT molecular complexity index is 808. The van der Waals surface area contributed by atoms with Gasteiger partial charge in [-0.15, -0.1) is 23.1 Å². The second-order valence-corrected chi connectivity index (χ2v) is 7.69. The minimum absolute atomic E-state index is 0.367. The Kier molecular flexibility index (Phi) is 4.33. The van der Waals surface area contributed by atoms with E-state index in [9.17, 15) is 0 Å². The van der Waals surface area contributed by atoms with Crippen molar-refractivity contribution >= 4 is 33.3 Å². The molecule has 0 bridgehead atoms. The van der Waals surface area contributed by atoms with Gasteiger partial charge in [-0.2, -0.15) is 0 Å². The first-order valence-electron chi connectivity index (χ1n) is 7.85. The van der Waals surface area contributed by atoms with Gasteiger partial charge in [-0.3, -0.25) is 0 Å². The third-order valence-corrected chi connectivity index (χ3v) is 6.14. The van der Waals surface area contributed by atoms with Crippen LogP contribution in [0.5, 0.6) is 0 Å². The zero-order chi connectivity index (χ0) is 15.6. The topological polar surface area (TPSA) is 35.0 Å². The van der Waals surface area contributed by atoms with E-state index in [1.807, 2.05) is 0 Å². The van der Waals surface area contributed by atoms with Crippen molar-refractivity contribution in [3.8, 4) is 11.1 Å². The summed E-state index contributed by atoms with van der Waals surface area (Å²) in [5.41, 5.74) is 3.74. The molecule has 0 aliphatic carbocycles. The summed E-state index contributed by atoms with van der Waals surface area (Å²) < 4.78 is 5.73. The highest BCUT2D eigenvalue weighted by Crippen LogP contribution is 2.38. The van der Waals surface area contributed by atoms with Crippen molar-refractivity contribution in [1.29, 1.82) is 0 Å². The molecule has 0 spiro atoms. The molecule has 23 heavy (non-hydrogen) atoms. The molecule has 1 aliphatic rings. The van der Waals surface area contributed by atoms with Crippen LogP contribution in [-0.4, -0.2) is 28.4 Å². The predicted molar refractivity (Wildman–Crippen MR) is 97.3 cm³/mol. The minimum Gasteiger partial charge on any atom is -0.377 e. The molecule has 3 nitrogen and oxygen atoms in total. The highest BCUT2D eigenvalue weighted by Gasteiger charge is 2.18. The molecule has 1 atom stereocenters. The lowest BCUT2D eigenvalue weighted by Crippen LogP contribution is -2.08. The Balaban J connectivity index is 1.69. The largest absolute Gasteiger partial charge is 0.377 e. The highest BCUT2D eigenvalue weighted by atomic mass is 32.2. The van der Waals surface area contributed by atoms with Gasteiger partial charge >= 0.3 is 0 Å². The maximum atomic E-state index is 5.73. The molecule has 0 amide bonds. The first-order chi connectivity index (χ1) is 11.3. The molecule has 1 fully saturated rings. The number of ether oxygens (including phenoxy) is 1. The second-order valence-electron chi connectivity index (χ2n) is 5.82. The van der Waals surface area contributed by atoms with Crippen molar-refractivity contribution in [2.24, 2.45) is 0 Å². The Morgan fingerprint density at radius 3 is 2.91 bits per heavy atom. The van der Waals surface area contributed by atoms with Crippen LogP contribution in [0.25, 0.3) is 21.3 Å². The van der Waals surface area contributed by atoms with Gasteiger partial charge in [0.25, 0.3) is 0 Å². The summed E-state index contributed by atoms with van der Waals surface area (Å²) in [5, 5.41) is 4.45. The molecule has 3 heterocycles. The molecule has 0 radical (unpaired) electrons. The van der Waals surface area contributed by atoms with E-state index in [4.69, 9.17) is 4.74 Å². The van der Waals surface area contributed by atoms with E-state index in [0.717, 1.165) is 28.6 Å². The van der Waals surface area contributed by atoms with Gasteiger partial charge < -0.3 is 4.74 Å². The van der Waals surface area contributed by atoms with Gasteiger partial charge in [0.05, 0.1) is 11.5 Å². The Hall–Kier alpha value is -1.43. The quantitative estimate of drug-likeness (QED) is 0.497. The monoisotopic (exact) mass is 342 g/mol. The number of aryl methyl sites for hydroxylation is 1. The number of thioether (sulfide) groups is 1. The summed E-state index contributed by atoms with van der Waals surface area (Å²) in [6.07, 6.45) is 4.38. The van der Waals surface area contributed by atoms with Gasteiger partial charge in [0.15, 0.2) is 0 Å². The molecular weight excluding hydrogens is 324 g/mol. The van der Waals surface area contributed by atoms with Gasteiger partial charge in [0, 0.05) is 23.3 Å². The fourth-order valence-corrected chi connectivity index (χ4v) is 4.91. The third kappa shape index (κ3) is 3.13. The zero-order valence-corrected chi connectivity index (χ0v) is 14.6. The molecule has 0 N–H and O–H groups in total. The van der Waals surface area contributed by atoms with Gasteiger partial charge in [-0.25, -0.2) is 9.97 Å². The number of rotatable bonds is 4. The molecule has 1 saturated heterocycles. The average molecular weight is 342 g/mol. The van der Waals surface area contributed by atoms with Crippen molar-refractivity contribution in [2.75, 3.05) is 12.4 Å². The van der Waals surface area contributed by atoms with Gasteiger partial charge in [0.1, 0.15) is 16.2 Å². The molecular formula is C18H18N2OS2. The fourth-order valence-electron chi connectivity index (χ4n) is 2.85. The van der Waals surface area contributed by atoms with Crippen LogP contribution in [-0.2, 0) is 4.74 Å². The molecule has 1 aliphatic heterocycles. The number of hydrogen-bond acceptors (Lipinski definition) is 5. The molecule has 118 valence electrons. The normalized spacial score (nSPS) is 17.9. The Labute approximate surface area is 144 Å². The summed E-state index contributed by atoms with van der Waals surface area (Å²) >= 11 is 3.48. The summed E-state index contributed by atoms with van der Waals surface area (Å²) in [6, 6.07) is 8.67. The first kappa shape index (κ1) is 15.1. The van der Waals surface area contributed by atoms with Crippen molar-refractivity contribution in [2.45, 2.75) is 30.9 Å². The molecule has 0 saturated carbocycles. The van der Waals surface area contributed by atoms with Crippen LogP contribution in [0.3, 0.4) is 0 Å². The molecule has 3 aromatic rings. The summed E-state index contributed by atoms with van der Waals surface area (Å²) in [7, 11) is 0. The average Bonchev–Trinajstić information content (AvgIpc) is 3.23. The van der Waals surface area contributed by atoms with Crippen molar-refractivity contribution in [3.63, 3.8) is 0 Å². The molecule has 5 heteroatoms. The van der Waals surface area contributed by atoms with Crippen molar-refractivity contribution in [1.82, 2.24) is 9.97 Å². The number of aromatic nitrogens is 2. The summed E-state index contributed by atoms with van der Waals surface area (Å²) in [6.45, 7) is 3.01. The number of thiophene rings is 1. The van der Waals surface area contributed by atoms with Crippen molar-refractivity contribution < 1.29 is 4.74 Å². The SMILES string of the molecule is Cc1ccc(-c2csc3ncnc(SC[C@H]4CCCO4)c23)cc1. The first-order valence-corrected chi connectivity index (χ1v) is 9.71. The summed E-state index contributed by atoms with van der Waals surface area (Å²) in [5.74, 6) is 0.968. The van der Waals surface area contributed by atoms with E-state index in [0.29, 0.717) is 6.10 Å². The maximum Gasteiger partial charge on any atom is 0.128 e. The number of fused-ring (bicyclic) bond motifs is 1. The summed E-state index contributed by atoms with van der Waals surface area (Å²) in [4.78, 5) is 10.1. The standard InChI is InChI=1S/C18H18N2OS2/c1-12-4-6-13(7-5-12)15-10-23-18-16(15)17(19-11-20-18)22-9-14-3-2-8-21-14/h4-7,10-11,14H,2-3,8-9H2,1H3/t14-/m1/s1. The van der Waals surface area contributed by atoms with E-state index in [1.165, 1.54) is 28.5 Å². The smallest absolute Gasteiger partial charge is 0.128 e. The lowest BCUT2D eigenvalue weighted by Gasteiger charge is -2.09. The van der Waals surface area contributed by atoms with Crippen molar-refractivity contribution in [3.05, 3.63) is 41.5 Å². The number of hydrogen-bond donors (Lipinski definition) is 0. The number of nitrogens with zero attached hydrogens (tertiary/aromatic N) is 2. The maximum absolute atomic E-state index is 5.73. The molecule has 2 aromatic heterocycles. The lowest BCUT2D eigenvalue weighted by molar-refractivity contribution is 0.129. The molecule has 1 aromatic carbocycles. The second kappa shape index (κ2) is 6.59. The van der Waals surface area contributed by atoms with E-state index in [-0.39, 0.29) is 0 Å².